The zero-order valence-corrected chi connectivity index (χ0v) is 24.2. The van der Waals surface area contributed by atoms with Gasteiger partial charge in [-0.3, -0.25) is 4.55 Å². The Morgan fingerprint density at radius 1 is 0.788 bits per heavy atom. The molecule has 1 N–H and O–H groups in total. The van der Waals surface area contributed by atoms with Crippen molar-refractivity contribution in [2.24, 2.45) is 0 Å². The van der Waals surface area contributed by atoms with E-state index < -0.39 is 10.1 Å². The third-order valence-corrected chi connectivity index (χ3v) is 6.56. The van der Waals surface area contributed by atoms with Gasteiger partial charge in [-0.05, 0) is 36.6 Å². The van der Waals surface area contributed by atoms with Crippen LogP contribution >= 0.6 is 0 Å². The van der Waals surface area contributed by atoms with Crippen molar-refractivity contribution >= 4 is 10.1 Å². The Hall–Kier alpha value is -0.414. The first-order valence-electron chi connectivity index (χ1n) is 12.0. The summed E-state index contributed by atoms with van der Waals surface area (Å²) >= 11 is 0. The summed E-state index contributed by atoms with van der Waals surface area (Å²) < 4.78 is 39.1. The van der Waals surface area contributed by atoms with Crippen LogP contribution < -0.4 is 61.2 Å². The van der Waals surface area contributed by atoms with Crippen LogP contribution in [-0.2, 0) is 16.5 Å². The Bertz CT molecular complexity index is 897. The summed E-state index contributed by atoms with van der Waals surface area (Å²) in [6.07, 6.45) is 15.7. The summed E-state index contributed by atoms with van der Waals surface area (Å²) in [5.74, 6) is 0.338. The first-order valence-corrected chi connectivity index (χ1v) is 13.4. The summed E-state index contributed by atoms with van der Waals surface area (Å²) in [6.45, 7) is 2.24. The molecule has 2 rings (SSSR count). The van der Waals surface area contributed by atoms with Gasteiger partial charge in [0, 0.05) is 0 Å². The molecule has 0 unspecified atom stereocenters. The van der Waals surface area contributed by atoms with Crippen LogP contribution in [-0.4, -0.2) is 13.0 Å². The Morgan fingerprint density at radius 3 is 1.82 bits per heavy atom. The fourth-order valence-electron chi connectivity index (χ4n) is 3.86. The molecule has 0 fully saturated rings. The van der Waals surface area contributed by atoms with Crippen LogP contribution in [0.2, 0.25) is 0 Å². The molecule has 5 nitrogen and oxygen atoms in total. The van der Waals surface area contributed by atoms with E-state index in [0.29, 0.717) is 12.2 Å². The molecule has 0 aliphatic rings. The monoisotopic (exact) mass is 500 g/mol. The normalized spacial score (nSPS) is 11.2. The van der Waals surface area contributed by atoms with E-state index in [-0.39, 0.29) is 67.8 Å². The van der Waals surface area contributed by atoms with Gasteiger partial charge in [-0.15, -0.1) is 5.75 Å². The summed E-state index contributed by atoms with van der Waals surface area (Å²) in [7, 11) is -4.43. The van der Waals surface area contributed by atoms with Crippen molar-refractivity contribution in [3.8, 4) is 17.2 Å². The average Bonchev–Trinajstić information content (AvgIpc) is 2.76. The predicted molar refractivity (Wildman–Crippen MR) is 127 cm³/mol. The fraction of sp³-hybridized carbons (Fsp3) is 0.538. The summed E-state index contributed by atoms with van der Waals surface area (Å²) in [6, 6.07) is 10.5. The molecule has 7 heteroatoms. The average molecular weight is 501 g/mol. The smallest absolute Gasteiger partial charge is 0.872 e. The third-order valence-electron chi connectivity index (χ3n) is 5.68. The van der Waals surface area contributed by atoms with E-state index >= 15 is 0 Å². The van der Waals surface area contributed by atoms with E-state index in [1.165, 1.54) is 88.1 Å². The van der Waals surface area contributed by atoms with Crippen molar-refractivity contribution < 1.29 is 74.2 Å². The van der Waals surface area contributed by atoms with E-state index in [2.05, 4.69) is 6.92 Å². The van der Waals surface area contributed by atoms with Crippen molar-refractivity contribution in [1.82, 2.24) is 0 Å². The van der Waals surface area contributed by atoms with E-state index in [1.807, 2.05) is 6.07 Å². The molecule has 0 bridgehead atoms. The Kier molecular flexibility index (Phi) is 15.9. The maximum absolute atomic E-state index is 11.9. The van der Waals surface area contributed by atoms with Crippen molar-refractivity contribution in [3.63, 3.8) is 0 Å². The summed E-state index contributed by atoms with van der Waals surface area (Å²) in [4.78, 5) is -0.250. The van der Waals surface area contributed by atoms with E-state index in [0.717, 1.165) is 24.8 Å². The predicted octanol–water partition coefficient (Wildman–Crippen LogP) is 4.05. The minimum Gasteiger partial charge on any atom is -0.872 e. The van der Waals surface area contributed by atoms with Crippen molar-refractivity contribution in [3.05, 3.63) is 48.0 Å². The Labute approximate surface area is 242 Å². The van der Waals surface area contributed by atoms with Gasteiger partial charge in [0.05, 0.1) is 0 Å². The minimum atomic E-state index is -4.43. The fourth-order valence-corrected chi connectivity index (χ4v) is 4.52. The minimum absolute atomic E-state index is 0. The number of para-hydroxylation sites is 1. The molecule has 0 atom stereocenters. The van der Waals surface area contributed by atoms with Gasteiger partial charge in [-0.25, -0.2) is 0 Å². The number of ether oxygens (including phenoxy) is 1. The maximum atomic E-state index is 11.9. The first kappa shape index (κ1) is 30.6. The second-order valence-electron chi connectivity index (χ2n) is 8.43. The van der Waals surface area contributed by atoms with Gasteiger partial charge in [0.1, 0.15) is 10.6 Å². The van der Waals surface area contributed by atoms with Gasteiger partial charge in [-0.1, -0.05) is 102 Å². The van der Waals surface area contributed by atoms with E-state index in [1.54, 1.807) is 6.07 Å². The zero-order chi connectivity index (χ0) is 23.2. The van der Waals surface area contributed by atoms with Gasteiger partial charge < -0.3 is 9.84 Å². The van der Waals surface area contributed by atoms with Gasteiger partial charge in [0.25, 0.3) is 10.1 Å². The summed E-state index contributed by atoms with van der Waals surface area (Å²) in [5, 5.41) is 11.3. The quantitative estimate of drug-likeness (QED) is 0.213. The molecule has 0 radical (unpaired) electrons. The molecule has 33 heavy (non-hydrogen) atoms. The number of rotatable bonds is 16. The van der Waals surface area contributed by atoms with E-state index in [4.69, 9.17) is 4.74 Å². The summed E-state index contributed by atoms with van der Waals surface area (Å²) in [5.41, 5.74) is 0.735. The molecule has 0 saturated heterocycles. The maximum Gasteiger partial charge on any atom is 1.00 e. The zero-order valence-electron chi connectivity index (χ0n) is 20.2. The molecule has 178 valence electrons. The molecule has 0 saturated carbocycles. The van der Waals surface area contributed by atoms with Gasteiger partial charge in [0.15, 0.2) is 5.75 Å². The molecule has 2 aromatic rings. The second kappa shape index (κ2) is 17.1. The van der Waals surface area contributed by atoms with Gasteiger partial charge >= 0.3 is 51.4 Å². The SMILES string of the molecule is CCCCCCCCCCCCCCc1cccc(S(=O)(=O)O)c1Oc1ccc([O-])cc1.[K+]. The van der Waals surface area contributed by atoms with Crippen LogP contribution in [0.15, 0.2) is 47.4 Å². The third kappa shape index (κ3) is 12.2. The van der Waals surface area contributed by atoms with Crippen molar-refractivity contribution in [2.45, 2.75) is 95.3 Å². The van der Waals surface area contributed by atoms with Crippen LogP contribution in [0.3, 0.4) is 0 Å². The second-order valence-corrected chi connectivity index (χ2v) is 9.82. The van der Waals surface area contributed by atoms with Crippen LogP contribution in [0.5, 0.6) is 17.2 Å². The number of hydrogen-bond acceptors (Lipinski definition) is 4. The van der Waals surface area contributed by atoms with Crippen molar-refractivity contribution in [2.75, 3.05) is 0 Å². The molecule has 2 aromatic carbocycles. The van der Waals surface area contributed by atoms with Gasteiger partial charge in [0.2, 0.25) is 0 Å². The molecule has 0 spiro atoms. The molecular formula is C26H37KO5S. The van der Waals surface area contributed by atoms with Crippen LogP contribution in [0.4, 0.5) is 0 Å². The van der Waals surface area contributed by atoms with Gasteiger partial charge in [-0.2, -0.15) is 8.42 Å². The molecule has 0 aromatic heterocycles. The number of unbranched alkanes of at least 4 members (excludes halogenated alkanes) is 11. The largest absolute Gasteiger partial charge is 1.00 e. The number of aryl methyl sites for hydroxylation is 1. The Balaban J connectivity index is 0.00000544. The Morgan fingerprint density at radius 2 is 1.30 bits per heavy atom. The molecule has 0 aliphatic carbocycles. The van der Waals surface area contributed by atoms with Crippen LogP contribution in [0.25, 0.3) is 0 Å². The number of hydrogen-bond donors (Lipinski definition) is 1. The molecule has 0 aliphatic heterocycles. The standard InChI is InChI=1S/C26H38O5S.K/c1-2-3-4-5-6-7-8-9-10-11-12-13-15-22-16-14-17-25(32(28,29)30)26(22)31-24-20-18-23(27)19-21-24;/h14,16-21,27H,2-13,15H2,1H3,(H,28,29,30);/q;+1/p-1. The first-order chi connectivity index (χ1) is 15.4. The molecular weight excluding hydrogens is 463 g/mol. The van der Waals surface area contributed by atoms with Crippen LogP contribution in [0.1, 0.15) is 89.5 Å². The van der Waals surface area contributed by atoms with Crippen molar-refractivity contribution in [1.29, 1.82) is 0 Å². The topological polar surface area (TPSA) is 86.7 Å². The van der Waals surface area contributed by atoms with Crippen LogP contribution in [0, 0.1) is 0 Å². The van der Waals surface area contributed by atoms with E-state index in [9.17, 15) is 18.1 Å². The molecule has 0 heterocycles. The molecule has 0 amide bonds. The number of benzene rings is 2.